The fourth-order valence-corrected chi connectivity index (χ4v) is 2.30. The van der Waals surface area contributed by atoms with Crippen LogP contribution in [-0.2, 0) is 4.79 Å². The molecule has 104 valence electrons. The number of carbonyl (C=O) groups is 1. The van der Waals surface area contributed by atoms with Gasteiger partial charge in [-0.2, -0.15) is 0 Å². The van der Waals surface area contributed by atoms with Gasteiger partial charge < -0.3 is 10.4 Å². The van der Waals surface area contributed by atoms with Crippen molar-refractivity contribution in [3.63, 3.8) is 0 Å². The lowest BCUT2D eigenvalue weighted by Gasteiger charge is -2.28. The van der Waals surface area contributed by atoms with Gasteiger partial charge in [0.25, 0.3) is 0 Å². The molecule has 1 aromatic carbocycles. The van der Waals surface area contributed by atoms with Gasteiger partial charge in [-0.3, -0.25) is 9.69 Å². The summed E-state index contributed by atoms with van der Waals surface area (Å²) >= 11 is 0. The Bertz CT molecular complexity index is 451. The molecule has 0 radical (unpaired) electrons. The van der Waals surface area contributed by atoms with Crippen LogP contribution in [0.2, 0.25) is 0 Å². The van der Waals surface area contributed by atoms with E-state index in [0.29, 0.717) is 6.54 Å². The highest BCUT2D eigenvalue weighted by atomic mass is 16.3. The van der Waals surface area contributed by atoms with E-state index in [1.165, 1.54) is 11.1 Å². The van der Waals surface area contributed by atoms with E-state index in [0.717, 1.165) is 31.6 Å². The number of aliphatic hydroxyl groups is 1. The van der Waals surface area contributed by atoms with Crippen LogP contribution in [0, 0.1) is 13.8 Å². The molecule has 1 aromatic rings. The van der Waals surface area contributed by atoms with Crippen LogP contribution in [0.5, 0.6) is 0 Å². The topological polar surface area (TPSA) is 52.6 Å². The Morgan fingerprint density at radius 1 is 1.32 bits per heavy atom. The minimum Gasteiger partial charge on any atom is -0.393 e. The molecule has 1 heterocycles. The number of nitrogens with zero attached hydrogens (tertiary/aromatic N) is 1. The molecule has 1 saturated heterocycles. The first kappa shape index (κ1) is 14.0. The smallest absolute Gasteiger partial charge is 0.238 e. The van der Waals surface area contributed by atoms with Crippen molar-refractivity contribution in [3.05, 3.63) is 29.3 Å². The molecule has 0 aromatic heterocycles. The summed E-state index contributed by atoms with van der Waals surface area (Å²) in [5.74, 6) is 0.0136. The maximum Gasteiger partial charge on any atom is 0.238 e. The van der Waals surface area contributed by atoms with Gasteiger partial charge in [-0.05, 0) is 49.9 Å². The number of benzene rings is 1. The Labute approximate surface area is 114 Å². The molecule has 0 saturated carbocycles. The maximum atomic E-state index is 11.9. The SMILES string of the molecule is Cc1ccc(NC(=O)CN2CCC(O)CC2)cc1C. The van der Waals surface area contributed by atoms with Gasteiger partial charge in [0.2, 0.25) is 5.91 Å². The summed E-state index contributed by atoms with van der Waals surface area (Å²) in [6, 6.07) is 5.94. The quantitative estimate of drug-likeness (QED) is 0.871. The zero-order valence-corrected chi connectivity index (χ0v) is 11.6. The van der Waals surface area contributed by atoms with E-state index in [2.05, 4.69) is 17.1 Å². The molecular formula is C15H22N2O2. The lowest BCUT2D eigenvalue weighted by Crippen LogP contribution is -2.40. The van der Waals surface area contributed by atoms with Crippen LogP contribution in [-0.4, -0.2) is 41.7 Å². The Morgan fingerprint density at radius 2 is 2.00 bits per heavy atom. The van der Waals surface area contributed by atoms with Crippen molar-refractivity contribution in [2.75, 3.05) is 25.0 Å². The number of likely N-dealkylation sites (tertiary alicyclic amines) is 1. The lowest BCUT2D eigenvalue weighted by atomic mass is 10.1. The van der Waals surface area contributed by atoms with Crippen LogP contribution in [0.1, 0.15) is 24.0 Å². The zero-order chi connectivity index (χ0) is 13.8. The van der Waals surface area contributed by atoms with Crippen molar-refractivity contribution in [2.24, 2.45) is 0 Å². The summed E-state index contributed by atoms with van der Waals surface area (Å²) in [5.41, 5.74) is 3.26. The molecule has 2 N–H and O–H groups in total. The summed E-state index contributed by atoms with van der Waals surface area (Å²) in [6.45, 7) is 6.08. The van der Waals surface area contributed by atoms with E-state index in [1.807, 2.05) is 25.1 Å². The average Bonchev–Trinajstić information content (AvgIpc) is 2.37. The molecule has 0 spiro atoms. The first-order valence-electron chi connectivity index (χ1n) is 6.82. The largest absolute Gasteiger partial charge is 0.393 e. The molecule has 0 unspecified atom stereocenters. The number of amides is 1. The summed E-state index contributed by atoms with van der Waals surface area (Å²) in [4.78, 5) is 14.0. The second-order valence-corrected chi connectivity index (χ2v) is 5.35. The molecule has 0 aliphatic carbocycles. The summed E-state index contributed by atoms with van der Waals surface area (Å²) in [5, 5.41) is 12.4. The van der Waals surface area contributed by atoms with Gasteiger partial charge in [0.1, 0.15) is 0 Å². The third-order valence-electron chi connectivity index (χ3n) is 3.71. The van der Waals surface area contributed by atoms with Gasteiger partial charge in [-0.25, -0.2) is 0 Å². The van der Waals surface area contributed by atoms with E-state index in [9.17, 15) is 9.90 Å². The van der Waals surface area contributed by atoms with Crippen molar-refractivity contribution < 1.29 is 9.90 Å². The van der Waals surface area contributed by atoms with Crippen molar-refractivity contribution in [1.29, 1.82) is 0 Å². The second-order valence-electron chi connectivity index (χ2n) is 5.35. The van der Waals surface area contributed by atoms with Crippen LogP contribution in [0.25, 0.3) is 0 Å². The first-order valence-corrected chi connectivity index (χ1v) is 6.82. The normalized spacial score (nSPS) is 17.4. The molecule has 19 heavy (non-hydrogen) atoms. The fraction of sp³-hybridized carbons (Fsp3) is 0.533. The highest BCUT2D eigenvalue weighted by molar-refractivity contribution is 5.92. The lowest BCUT2D eigenvalue weighted by molar-refractivity contribution is -0.117. The summed E-state index contributed by atoms with van der Waals surface area (Å²) in [7, 11) is 0. The van der Waals surface area contributed by atoms with Crippen LogP contribution in [0.3, 0.4) is 0 Å². The molecule has 4 nitrogen and oxygen atoms in total. The predicted octanol–water partition coefficient (Wildman–Crippen LogP) is 1.70. The third kappa shape index (κ3) is 4.04. The number of rotatable bonds is 3. The third-order valence-corrected chi connectivity index (χ3v) is 3.71. The molecule has 1 fully saturated rings. The Hall–Kier alpha value is -1.39. The molecular weight excluding hydrogens is 240 g/mol. The molecule has 1 aliphatic rings. The highest BCUT2D eigenvalue weighted by Crippen LogP contribution is 2.14. The van der Waals surface area contributed by atoms with Gasteiger partial charge in [-0.1, -0.05) is 6.07 Å². The number of aliphatic hydroxyl groups excluding tert-OH is 1. The molecule has 1 aliphatic heterocycles. The molecule has 0 atom stereocenters. The number of carbonyl (C=O) groups excluding carboxylic acids is 1. The van der Waals surface area contributed by atoms with E-state index in [4.69, 9.17) is 0 Å². The second kappa shape index (κ2) is 6.17. The molecule has 0 bridgehead atoms. The van der Waals surface area contributed by atoms with Crippen molar-refractivity contribution in [1.82, 2.24) is 4.90 Å². The zero-order valence-electron chi connectivity index (χ0n) is 11.6. The Morgan fingerprint density at radius 3 is 2.63 bits per heavy atom. The number of nitrogens with one attached hydrogen (secondary N) is 1. The van der Waals surface area contributed by atoms with Gasteiger partial charge in [0.05, 0.1) is 12.6 Å². The van der Waals surface area contributed by atoms with E-state index >= 15 is 0 Å². The number of hydrogen-bond acceptors (Lipinski definition) is 3. The van der Waals surface area contributed by atoms with Crippen molar-refractivity contribution in [3.8, 4) is 0 Å². The predicted molar refractivity (Wildman–Crippen MR) is 76.2 cm³/mol. The van der Waals surface area contributed by atoms with Gasteiger partial charge >= 0.3 is 0 Å². The Balaban J connectivity index is 1.85. The highest BCUT2D eigenvalue weighted by Gasteiger charge is 2.18. The van der Waals surface area contributed by atoms with Crippen molar-refractivity contribution >= 4 is 11.6 Å². The standard InChI is InChI=1S/C15H22N2O2/c1-11-3-4-13(9-12(11)2)16-15(19)10-17-7-5-14(18)6-8-17/h3-4,9,14,18H,5-8,10H2,1-2H3,(H,16,19). The number of anilines is 1. The first-order chi connectivity index (χ1) is 9.04. The number of piperidine rings is 1. The van der Waals surface area contributed by atoms with Crippen LogP contribution < -0.4 is 5.32 Å². The minimum atomic E-state index is -0.195. The van der Waals surface area contributed by atoms with Gasteiger partial charge in [0.15, 0.2) is 0 Å². The monoisotopic (exact) mass is 262 g/mol. The van der Waals surface area contributed by atoms with E-state index in [1.54, 1.807) is 0 Å². The van der Waals surface area contributed by atoms with Gasteiger partial charge in [-0.15, -0.1) is 0 Å². The Kier molecular flexibility index (Phi) is 4.56. The van der Waals surface area contributed by atoms with Crippen LogP contribution >= 0.6 is 0 Å². The molecule has 2 rings (SSSR count). The molecule has 1 amide bonds. The van der Waals surface area contributed by atoms with Crippen LogP contribution in [0.15, 0.2) is 18.2 Å². The molecule has 4 heteroatoms. The summed E-state index contributed by atoms with van der Waals surface area (Å²) in [6.07, 6.45) is 1.33. The summed E-state index contributed by atoms with van der Waals surface area (Å²) < 4.78 is 0. The van der Waals surface area contributed by atoms with Crippen LogP contribution in [0.4, 0.5) is 5.69 Å². The van der Waals surface area contributed by atoms with Crippen molar-refractivity contribution in [2.45, 2.75) is 32.8 Å². The van der Waals surface area contributed by atoms with Gasteiger partial charge in [0, 0.05) is 18.8 Å². The van der Waals surface area contributed by atoms with E-state index < -0.39 is 0 Å². The number of hydrogen-bond donors (Lipinski definition) is 2. The maximum absolute atomic E-state index is 11.9. The average molecular weight is 262 g/mol. The minimum absolute atomic E-state index is 0.0136. The number of aryl methyl sites for hydroxylation is 2. The van der Waals surface area contributed by atoms with E-state index in [-0.39, 0.29) is 12.0 Å². The fourth-order valence-electron chi connectivity index (χ4n) is 2.30.